The molecule has 0 aliphatic heterocycles. The molecule has 0 aliphatic carbocycles. The van der Waals surface area contributed by atoms with Crippen molar-refractivity contribution in [2.75, 3.05) is 0 Å². The monoisotopic (exact) mass is 329 g/mol. The number of hydrogen-bond acceptors (Lipinski definition) is 4. The Morgan fingerprint density at radius 2 is 2.33 bits per heavy atom. The fourth-order valence-corrected chi connectivity index (χ4v) is 2.95. The third-order valence-corrected chi connectivity index (χ3v) is 4.42. The molecule has 1 heterocycles. The highest BCUT2D eigenvalue weighted by molar-refractivity contribution is 9.10. The Bertz CT molecular complexity index is 544. The highest BCUT2D eigenvalue weighted by Crippen LogP contribution is 2.27. The molecule has 2 rings (SSSR count). The van der Waals surface area contributed by atoms with Crippen molar-refractivity contribution in [3.8, 4) is 0 Å². The van der Waals surface area contributed by atoms with E-state index in [-0.39, 0.29) is 11.9 Å². The van der Waals surface area contributed by atoms with Gasteiger partial charge in [0.05, 0.1) is 11.0 Å². The maximum Gasteiger partial charge on any atom is 0.123 e. The number of aryl methyl sites for hydroxylation is 1. The fourth-order valence-electron chi connectivity index (χ4n) is 1.70. The first-order valence-electron chi connectivity index (χ1n) is 5.42. The number of hydrazine groups is 1. The molecule has 1 atom stereocenters. The first-order valence-corrected chi connectivity index (χ1v) is 7.03. The molecular weight excluding hydrogens is 317 g/mol. The van der Waals surface area contributed by atoms with Gasteiger partial charge in [0.1, 0.15) is 5.82 Å². The molecule has 0 spiro atoms. The van der Waals surface area contributed by atoms with Crippen molar-refractivity contribution in [3.05, 3.63) is 50.1 Å². The van der Waals surface area contributed by atoms with E-state index in [9.17, 15) is 4.39 Å². The molecule has 3 N–H and O–H groups in total. The van der Waals surface area contributed by atoms with Crippen LogP contribution in [0.5, 0.6) is 0 Å². The minimum atomic E-state index is -0.246. The molecule has 1 aromatic carbocycles. The second kappa shape index (κ2) is 5.88. The summed E-state index contributed by atoms with van der Waals surface area (Å²) in [6.07, 6.45) is 2.41. The van der Waals surface area contributed by atoms with Gasteiger partial charge in [0.25, 0.3) is 0 Å². The molecule has 6 heteroatoms. The molecule has 0 fully saturated rings. The van der Waals surface area contributed by atoms with E-state index >= 15 is 0 Å². The van der Waals surface area contributed by atoms with Crippen molar-refractivity contribution in [2.45, 2.75) is 19.4 Å². The Kier molecular flexibility index (Phi) is 4.45. The minimum Gasteiger partial charge on any atom is -0.271 e. The Balaban J connectivity index is 2.22. The van der Waals surface area contributed by atoms with Crippen LogP contribution in [0.2, 0.25) is 0 Å². The summed E-state index contributed by atoms with van der Waals surface area (Å²) >= 11 is 5.01. The average molecular weight is 330 g/mol. The second-order valence-electron chi connectivity index (χ2n) is 3.94. The van der Waals surface area contributed by atoms with Crippen LogP contribution in [-0.4, -0.2) is 4.98 Å². The van der Waals surface area contributed by atoms with Crippen molar-refractivity contribution >= 4 is 27.3 Å². The summed E-state index contributed by atoms with van der Waals surface area (Å²) in [5.74, 6) is 5.32. The lowest BCUT2D eigenvalue weighted by Gasteiger charge is -2.14. The molecule has 0 saturated heterocycles. The number of aromatic nitrogens is 1. The Morgan fingerprint density at radius 1 is 1.56 bits per heavy atom. The van der Waals surface area contributed by atoms with Crippen LogP contribution in [0.4, 0.5) is 4.39 Å². The number of thiazole rings is 1. The van der Waals surface area contributed by atoms with Crippen LogP contribution in [0.1, 0.15) is 21.5 Å². The summed E-state index contributed by atoms with van der Waals surface area (Å²) in [4.78, 5) is 5.25. The number of nitrogens with one attached hydrogen (secondary N) is 1. The molecule has 18 heavy (non-hydrogen) atoms. The maximum absolute atomic E-state index is 13.2. The van der Waals surface area contributed by atoms with Crippen LogP contribution < -0.4 is 11.3 Å². The smallest absolute Gasteiger partial charge is 0.123 e. The number of hydrogen-bond donors (Lipinski definition) is 2. The van der Waals surface area contributed by atoms with E-state index in [0.29, 0.717) is 6.42 Å². The lowest BCUT2D eigenvalue weighted by molar-refractivity contribution is 0.555. The predicted octanol–water partition coefficient (Wildman–Crippen LogP) is 3.10. The van der Waals surface area contributed by atoms with E-state index in [1.54, 1.807) is 23.6 Å². The van der Waals surface area contributed by atoms with Gasteiger partial charge in [0, 0.05) is 15.5 Å². The SMILES string of the molecule is Cc1ncc(C(Cc2cc(F)ccc2Br)NN)s1. The van der Waals surface area contributed by atoms with Gasteiger partial charge in [0.15, 0.2) is 0 Å². The highest BCUT2D eigenvalue weighted by Gasteiger charge is 2.15. The summed E-state index contributed by atoms with van der Waals surface area (Å²) in [7, 11) is 0. The normalized spacial score (nSPS) is 12.7. The van der Waals surface area contributed by atoms with Crippen LogP contribution >= 0.6 is 27.3 Å². The van der Waals surface area contributed by atoms with Crippen LogP contribution in [0.3, 0.4) is 0 Å². The number of nitrogens with zero attached hydrogens (tertiary/aromatic N) is 1. The minimum absolute atomic E-state index is 0.0608. The van der Waals surface area contributed by atoms with Gasteiger partial charge >= 0.3 is 0 Å². The van der Waals surface area contributed by atoms with Crippen LogP contribution in [-0.2, 0) is 6.42 Å². The van der Waals surface area contributed by atoms with Gasteiger partial charge in [-0.1, -0.05) is 15.9 Å². The molecule has 0 amide bonds. The lowest BCUT2D eigenvalue weighted by Crippen LogP contribution is -2.29. The first-order chi connectivity index (χ1) is 8.60. The summed E-state index contributed by atoms with van der Waals surface area (Å²) in [6, 6.07) is 4.59. The molecule has 0 radical (unpaired) electrons. The summed E-state index contributed by atoms with van der Waals surface area (Å²) < 4.78 is 14.1. The van der Waals surface area contributed by atoms with Crippen molar-refractivity contribution in [1.29, 1.82) is 0 Å². The molecule has 96 valence electrons. The molecule has 0 bridgehead atoms. The van der Waals surface area contributed by atoms with E-state index in [1.807, 2.05) is 6.92 Å². The zero-order valence-corrected chi connectivity index (χ0v) is 12.2. The Labute approximate surface area is 117 Å². The molecular formula is C12H13BrFN3S. The summed E-state index contributed by atoms with van der Waals surface area (Å²) in [5, 5.41) is 0.989. The first kappa shape index (κ1) is 13.6. The van der Waals surface area contributed by atoms with E-state index in [2.05, 4.69) is 26.3 Å². The summed E-state index contributed by atoms with van der Waals surface area (Å²) in [5.41, 5.74) is 3.63. The number of halogens is 2. The van der Waals surface area contributed by atoms with Crippen molar-refractivity contribution < 1.29 is 4.39 Å². The van der Waals surface area contributed by atoms with Crippen molar-refractivity contribution in [2.24, 2.45) is 5.84 Å². The largest absolute Gasteiger partial charge is 0.271 e. The van der Waals surface area contributed by atoms with Gasteiger partial charge in [0.2, 0.25) is 0 Å². The van der Waals surface area contributed by atoms with Gasteiger partial charge in [-0.05, 0) is 37.1 Å². The quantitative estimate of drug-likeness (QED) is 0.669. The molecule has 1 unspecified atom stereocenters. The average Bonchev–Trinajstić information content (AvgIpc) is 2.77. The lowest BCUT2D eigenvalue weighted by atomic mass is 10.1. The van der Waals surface area contributed by atoms with Crippen LogP contribution in [0, 0.1) is 12.7 Å². The van der Waals surface area contributed by atoms with Gasteiger partial charge in [-0.25, -0.2) is 9.37 Å². The third kappa shape index (κ3) is 3.14. The van der Waals surface area contributed by atoms with E-state index in [0.717, 1.165) is 19.9 Å². The van der Waals surface area contributed by atoms with E-state index in [1.165, 1.54) is 12.1 Å². The Hall–Kier alpha value is -0.820. The highest BCUT2D eigenvalue weighted by atomic mass is 79.9. The molecule has 1 aromatic heterocycles. The zero-order chi connectivity index (χ0) is 13.1. The van der Waals surface area contributed by atoms with Gasteiger partial charge in [-0.15, -0.1) is 11.3 Å². The summed E-state index contributed by atoms with van der Waals surface area (Å²) in [6.45, 7) is 1.94. The molecule has 0 saturated carbocycles. The van der Waals surface area contributed by atoms with Crippen LogP contribution in [0.25, 0.3) is 0 Å². The predicted molar refractivity (Wildman–Crippen MR) is 74.7 cm³/mol. The van der Waals surface area contributed by atoms with Gasteiger partial charge < -0.3 is 0 Å². The van der Waals surface area contributed by atoms with Crippen LogP contribution in [0.15, 0.2) is 28.9 Å². The number of rotatable bonds is 4. The number of nitrogens with two attached hydrogens (primary N) is 1. The van der Waals surface area contributed by atoms with Crippen molar-refractivity contribution in [1.82, 2.24) is 10.4 Å². The molecule has 3 nitrogen and oxygen atoms in total. The fraction of sp³-hybridized carbons (Fsp3) is 0.250. The molecule has 2 aromatic rings. The van der Waals surface area contributed by atoms with E-state index in [4.69, 9.17) is 5.84 Å². The third-order valence-electron chi connectivity index (χ3n) is 2.62. The second-order valence-corrected chi connectivity index (χ2v) is 6.06. The zero-order valence-electron chi connectivity index (χ0n) is 9.78. The van der Waals surface area contributed by atoms with Gasteiger partial charge in [-0.3, -0.25) is 11.3 Å². The number of benzene rings is 1. The van der Waals surface area contributed by atoms with Gasteiger partial charge in [-0.2, -0.15) is 0 Å². The topological polar surface area (TPSA) is 50.9 Å². The van der Waals surface area contributed by atoms with E-state index < -0.39 is 0 Å². The standard InChI is InChI=1S/C12H13BrFN3S/c1-7-16-6-12(18-7)11(17-15)5-8-4-9(14)2-3-10(8)13/h2-4,6,11,17H,5,15H2,1H3. The Morgan fingerprint density at radius 3 is 2.94 bits per heavy atom. The maximum atomic E-state index is 13.2. The van der Waals surface area contributed by atoms with Crippen molar-refractivity contribution in [3.63, 3.8) is 0 Å². The molecule has 0 aliphatic rings.